The molecule has 0 saturated heterocycles. The molecule has 1 aliphatic rings. The first-order valence-electron chi connectivity index (χ1n) is 9.33. The third-order valence-electron chi connectivity index (χ3n) is 5.23. The molecular weight excluding hydrogens is 342 g/mol. The summed E-state index contributed by atoms with van der Waals surface area (Å²) < 4.78 is 4.99. The molecule has 0 unspecified atom stereocenters. The van der Waals surface area contributed by atoms with Gasteiger partial charge in [0, 0.05) is 17.5 Å². The third-order valence-corrected chi connectivity index (χ3v) is 5.23. The van der Waals surface area contributed by atoms with Crippen molar-refractivity contribution < 1.29 is 19.4 Å². The van der Waals surface area contributed by atoms with Gasteiger partial charge >= 0.3 is 5.97 Å². The summed E-state index contributed by atoms with van der Waals surface area (Å²) in [7, 11) is 0. The van der Waals surface area contributed by atoms with Gasteiger partial charge in [-0.2, -0.15) is 0 Å². The van der Waals surface area contributed by atoms with E-state index in [1.165, 1.54) is 0 Å². The number of aliphatic hydroxyl groups excluding tert-OH is 1. The molecule has 0 heterocycles. The second-order valence-electron chi connectivity index (χ2n) is 7.07. The highest BCUT2D eigenvalue weighted by Gasteiger charge is 2.36. The van der Waals surface area contributed by atoms with Crippen LogP contribution >= 0.6 is 0 Å². The summed E-state index contributed by atoms with van der Waals surface area (Å²) in [6, 6.07) is 14.5. The van der Waals surface area contributed by atoms with Crippen LogP contribution < -0.4 is 5.32 Å². The maximum Gasteiger partial charge on any atom is 0.338 e. The van der Waals surface area contributed by atoms with Crippen LogP contribution in [0.2, 0.25) is 0 Å². The highest BCUT2D eigenvalue weighted by Crippen LogP contribution is 2.39. The number of aliphatic hydroxyl groups is 1. The lowest BCUT2D eigenvalue weighted by molar-refractivity contribution is 0.0428. The van der Waals surface area contributed by atoms with Crippen LogP contribution in [0.1, 0.15) is 46.9 Å². The van der Waals surface area contributed by atoms with Crippen LogP contribution in [0.5, 0.6) is 0 Å². The Morgan fingerprint density at radius 2 is 1.81 bits per heavy atom. The number of rotatable bonds is 7. The van der Waals surface area contributed by atoms with Crippen molar-refractivity contribution in [3.63, 3.8) is 0 Å². The van der Waals surface area contributed by atoms with Gasteiger partial charge in [0.05, 0.1) is 18.8 Å². The van der Waals surface area contributed by atoms with Gasteiger partial charge in [-0.3, -0.25) is 4.79 Å². The van der Waals surface area contributed by atoms with Crippen molar-refractivity contribution >= 4 is 11.9 Å². The fourth-order valence-corrected chi connectivity index (χ4v) is 3.29. The third kappa shape index (κ3) is 4.37. The summed E-state index contributed by atoms with van der Waals surface area (Å²) in [4.78, 5) is 24.2. The normalized spacial score (nSPS) is 14.9. The minimum Gasteiger partial charge on any atom is -0.462 e. The lowest BCUT2D eigenvalue weighted by Gasteiger charge is -2.40. The maximum atomic E-state index is 12.5. The number of ether oxygens (including phenoxy) is 1. The highest BCUT2D eigenvalue weighted by atomic mass is 16.5. The zero-order chi connectivity index (χ0) is 19.3. The van der Waals surface area contributed by atoms with E-state index >= 15 is 0 Å². The lowest BCUT2D eigenvalue weighted by Crippen LogP contribution is -2.44. The van der Waals surface area contributed by atoms with Crippen molar-refractivity contribution in [1.29, 1.82) is 0 Å². The van der Waals surface area contributed by atoms with Crippen molar-refractivity contribution in [3.8, 4) is 11.1 Å². The molecule has 142 valence electrons. The molecule has 0 aromatic heterocycles. The topological polar surface area (TPSA) is 75.6 Å². The standard InChI is InChI=1S/C22H25NO4/c1-2-27-21(26)17-9-7-16(8-10-17)18-5-3-6-19(13-18)20(25)23-14-22(15-24)11-4-12-22/h3,5-10,13,24H,2,4,11-12,14-15H2,1H3,(H,23,25). The van der Waals surface area contributed by atoms with Gasteiger partial charge in [-0.15, -0.1) is 0 Å². The van der Waals surface area contributed by atoms with Crippen LogP contribution in [0.25, 0.3) is 11.1 Å². The fraction of sp³-hybridized carbons (Fsp3) is 0.364. The van der Waals surface area contributed by atoms with Gasteiger partial charge in [0.25, 0.3) is 5.91 Å². The molecule has 0 spiro atoms. The number of benzene rings is 2. The number of esters is 1. The summed E-state index contributed by atoms with van der Waals surface area (Å²) in [5, 5.41) is 12.5. The van der Waals surface area contributed by atoms with Crippen LogP contribution in [0, 0.1) is 5.41 Å². The molecule has 5 heteroatoms. The second kappa shape index (κ2) is 8.35. The van der Waals surface area contributed by atoms with Crippen molar-refractivity contribution in [3.05, 3.63) is 59.7 Å². The maximum absolute atomic E-state index is 12.5. The van der Waals surface area contributed by atoms with Crippen molar-refractivity contribution in [2.45, 2.75) is 26.2 Å². The van der Waals surface area contributed by atoms with E-state index < -0.39 is 0 Å². The van der Waals surface area contributed by atoms with Crippen LogP contribution in [-0.4, -0.2) is 36.7 Å². The fourth-order valence-electron chi connectivity index (χ4n) is 3.29. The van der Waals surface area contributed by atoms with E-state index in [0.29, 0.717) is 24.3 Å². The summed E-state index contributed by atoms with van der Waals surface area (Å²) in [6.45, 7) is 2.73. The Morgan fingerprint density at radius 1 is 1.07 bits per heavy atom. The van der Waals surface area contributed by atoms with E-state index in [0.717, 1.165) is 30.4 Å². The summed E-state index contributed by atoms with van der Waals surface area (Å²) >= 11 is 0. The SMILES string of the molecule is CCOC(=O)c1ccc(-c2cccc(C(=O)NCC3(CO)CCC3)c2)cc1. The molecule has 0 radical (unpaired) electrons. The lowest BCUT2D eigenvalue weighted by atomic mass is 9.69. The molecular formula is C22H25NO4. The van der Waals surface area contributed by atoms with E-state index in [1.54, 1.807) is 25.1 Å². The zero-order valence-corrected chi connectivity index (χ0v) is 15.5. The van der Waals surface area contributed by atoms with Crippen molar-refractivity contribution in [2.24, 2.45) is 5.41 Å². The van der Waals surface area contributed by atoms with Crippen LogP contribution in [0.4, 0.5) is 0 Å². The molecule has 1 fully saturated rings. The molecule has 3 rings (SSSR count). The average molecular weight is 367 g/mol. The predicted molar refractivity (Wildman–Crippen MR) is 104 cm³/mol. The summed E-state index contributed by atoms with van der Waals surface area (Å²) in [5.74, 6) is -0.481. The van der Waals surface area contributed by atoms with Gasteiger partial charge in [0.15, 0.2) is 0 Å². The molecule has 27 heavy (non-hydrogen) atoms. The smallest absolute Gasteiger partial charge is 0.338 e. The number of hydrogen-bond donors (Lipinski definition) is 2. The number of amides is 1. The molecule has 5 nitrogen and oxygen atoms in total. The Kier molecular flexibility index (Phi) is 5.91. The molecule has 2 aromatic carbocycles. The minimum atomic E-state index is -0.342. The molecule has 2 aromatic rings. The monoisotopic (exact) mass is 367 g/mol. The first-order valence-corrected chi connectivity index (χ1v) is 9.33. The van der Waals surface area contributed by atoms with Crippen LogP contribution in [0.3, 0.4) is 0 Å². The first kappa shape index (κ1) is 19.1. The molecule has 1 aliphatic carbocycles. The van der Waals surface area contributed by atoms with E-state index in [1.807, 2.05) is 30.3 Å². The number of carbonyl (C=O) groups excluding carboxylic acids is 2. The largest absolute Gasteiger partial charge is 0.462 e. The van der Waals surface area contributed by atoms with Gasteiger partial charge in [0.1, 0.15) is 0 Å². The van der Waals surface area contributed by atoms with E-state index in [9.17, 15) is 14.7 Å². The Bertz CT molecular complexity index is 804. The number of carbonyl (C=O) groups is 2. The van der Waals surface area contributed by atoms with Crippen LogP contribution in [0.15, 0.2) is 48.5 Å². The Balaban J connectivity index is 1.69. The van der Waals surface area contributed by atoms with E-state index in [2.05, 4.69) is 5.32 Å². The number of nitrogens with one attached hydrogen (secondary N) is 1. The average Bonchev–Trinajstić information content (AvgIpc) is 2.68. The Morgan fingerprint density at radius 3 is 2.41 bits per heavy atom. The van der Waals surface area contributed by atoms with Gasteiger partial charge < -0.3 is 15.2 Å². The van der Waals surface area contributed by atoms with E-state index in [-0.39, 0.29) is 23.9 Å². The highest BCUT2D eigenvalue weighted by molar-refractivity contribution is 5.95. The summed E-state index contributed by atoms with van der Waals surface area (Å²) in [5.41, 5.74) is 2.76. The number of hydrogen-bond acceptors (Lipinski definition) is 4. The van der Waals surface area contributed by atoms with Crippen LogP contribution in [-0.2, 0) is 4.74 Å². The molecule has 0 aliphatic heterocycles. The van der Waals surface area contributed by atoms with E-state index in [4.69, 9.17) is 4.74 Å². The van der Waals surface area contributed by atoms with Gasteiger partial charge in [0.2, 0.25) is 0 Å². The van der Waals surface area contributed by atoms with Crippen molar-refractivity contribution in [2.75, 3.05) is 19.8 Å². The zero-order valence-electron chi connectivity index (χ0n) is 15.5. The molecule has 2 N–H and O–H groups in total. The first-order chi connectivity index (χ1) is 13.1. The Hall–Kier alpha value is -2.66. The van der Waals surface area contributed by atoms with Gasteiger partial charge in [-0.1, -0.05) is 30.7 Å². The second-order valence-corrected chi connectivity index (χ2v) is 7.07. The minimum absolute atomic E-state index is 0.111. The summed E-state index contributed by atoms with van der Waals surface area (Å²) in [6.07, 6.45) is 3.01. The predicted octanol–water partition coefficient (Wildman–Crippen LogP) is 3.42. The molecule has 1 amide bonds. The van der Waals surface area contributed by atoms with Crippen molar-refractivity contribution in [1.82, 2.24) is 5.32 Å². The quantitative estimate of drug-likeness (QED) is 0.735. The molecule has 0 atom stereocenters. The van der Waals surface area contributed by atoms with Gasteiger partial charge in [-0.25, -0.2) is 4.79 Å². The molecule has 1 saturated carbocycles. The van der Waals surface area contributed by atoms with Gasteiger partial charge in [-0.05, 0) is 55.2 Å². The molecule has 0 bridgehead atoms. The Labute approximate surface area is 159 Å².